The van der Waals surface area contributed by atoms with Gasteiger partial charge in [0.25, 0.3) is 26.1 Å². The standard InChI is InChI=1S/C54H78N12O22S4/c1-34-25-38(26-35(2)49(34)92(86,87)62-40(54(78)79)27-58-53(77)43-12-11-39(89-43)10-9-37-8-7-36-5-3-13-56-50(36)59-37)88-24-4-6-44(67)55-14-15-57-51(75)41(32-90(80,81)82)61-52(76)42(33-91(83,84)85)60-45(68)28-63-16-18-64(29-46(69)70)20-22-66(31-48(73)74)23-21-65(19-17-63)30-47(71)72/h7-8,11-12,25-26,40-42,62H,3-6,9-10,13-24,27-33H2,1-2H3,(H,55,67)(H,56,59)(H,57,75)(H,58,77)(H,60,68)(H,61,76)(H,69,70)(H,71,72)(H,73,74)(H,78,79)(H,80,81,82)(H,83,84,85)/t40-,41?,42?/m1/s1. The van der Waals surface area contributed by atoms with E-state index in [2.05, 4.69) is 37.4 Å². The third-order valence-corrected chi connectivity index (χ3v) is 18.6. The van der Waals surface area contributed by atoms with Gasteiger partial charge in [0.15, 0.2) is 0 Å². The molecule has 1 aromatic carbocycles. The predicted molar refractivity (Wildman–Crippen MR) is 329 cm³/mol. The van der Waals surface area contributed by atoms with Crippen LogP contribution >= 0.6 is 11.3 Å². The van der Waals surface area contributed by atoms with Crippen molar-refractivity contribution in [1.29, 1.82) is 0 Å². The van der Waals surface area contributed by atoms with Crippen LogP contribution in [0.3, 0.4) is 0 Å². The van der Waals surface area contributed by atoms with Gasteiger partial charge in [-0.2, -0.15) is 21.6 Å². The van der Waals surface area contributed by atoms with Gasteiger partial charge in [0, 0.05) is 95.5 Å². The van der Waals surface area contributed by atoms with Crippen molar-refractivity contribution in [2.24, 2.45) is 0 Å². The van der Waals surface area contributed by atoms with Crippen LogP contribution in [0.2, 0.25) is 0 Å². The van der Waals surface area contributed by atoms with Gasteiger partial charge < -0.3 is 57.1 Å². The maximum atomic E-state index is 13.6. The minimum Gasteiger partial charge on any atom is -0.494 e. The second kappa shape index (κ2) is 35.5. The molecule has 38 heteroatoms. The Balaban J connectivity index is 1.08. The number of aromatic nitrogens is 1. The summed E-state index contributed by atoms with van der Waals surface area (Å²) in [6.45, 7) is 0.440. The molecule has 1 saturated heterocycles. The Hall–Kier alpha value is -7.53. The number of carboxylic acids is 4. The van der Waals surface area contributed by atoms with Crippen LogP contribution in [0.15, 0.2) is 41.3 Å². The first-order chi connectivity index (χ1) is 43.2. The first kappa shape index (κ1) is 75.2. The van der Waals surface area contributed by atoms with Gasteiger partial charge in [-0.1, -0.05) is 6.07 Å². The van der Waals surface area contributed by atoms with E-state index in [9.17, 15) is 97.9 Å². The number of nitrogens with one attached hydrogen (secondary N) is 7. The van der Waals surface area contributed by atoms with Crippen LogP contribution in [0.25, 0.3) is 0 Å². The fourth-order valence-corrected chi connectivity index (χ4v) is 13.7. The van der Waals surface area contributed by atoms with Gasteiger partial charge in [-0.05, 0) is 93.0 Å². The SMILES string of the molecule is Cc1cc(OCCCC(=O)NCCNC(=O)C(CS(=O)(=O)O)NC(=O)C(CS(=O)(=O)O)NC(=O)CN2CCN(CC(=O)O)CCN(CC(=O)O)CCN(CC(=O)O)CC2)cc(C)c1S(=O)(=O)N[C@H](CNC(=O)c1ccc(CCc2ccc3c(n2)NCCC3)s1)C(=O)O. The number of rotatable bonds is 34. The number of pyridine rings is 1. The second-order valence-electron chi connectivity index (χ2n) is 21.8. The summed E-state index contributed by atoms with van der Waals surface area (Å²) in [5.41, 5.74) is 2.44. The van der Waals surface area contributed by atoms with Gasteiger partial charge in [0.2, 0.25) is 33.7 Å². The van der Waals surface area contributed by atoms with Crippen molar-refractivity contribution in [2.75, 3.05) is 128 Å². The Bertz CT molecular complexity index is 3430. The van der Waals surface area contributed by atoms with Crippen molar-refractivity contribution in [3.05, 3.63) is 68.5 Å². The first-order valence-electron chi connectivity index (χ1n) is 28.9. The maximum absolute atomic E-state index is 13.6. The zero-order valence-electron chi connectivity index (χ0n) is 50.5. The number of ether oxygens (including phenoxy) is 1. The van der Waals surface area contributed by atoms with Crippen LogP contribution in [0.4, 0.5) is 5.82 Å². The number of carbonyl (C=O) groups excluding carboxylic acids is 5. The minimum atomic E-state index is -5.11. The molecule has 0 spiro atoms. The molecular weight excluding hydrogens is 1300 g/mol. The number of aryl methyl sites for hydroxylation is 5. The predicted octanol–water partition coefficient (Wildman–Crippen LogP) is -3.32. The number of nitrogens with zero attached hydrogens (tertiary/aromatic N) is 5. The van der Waals surface area contributed by atoms with E-state index >= 15 is 0 Å². The molecule has 0 aliphatic carbocycles. The van der Waals surface area contributed by atoms with Gasteiger partial charge in [0.05, 0.1) is 42.6 Å². The monoisotopic (exact) mass is 1370 g/mol. The molecule has 3 atom stereocenters. The number of thiophene rings is 1. The third-order valence-electron chi connectivity index (χ3n) is 14.2. The number of fused-ring (bicyclic) bond motifs is 1. The molecular formula is C54H78N12O22S4. The number of benzene rings is 1. The number of carboxylic acid groups (broad SMARTS) is 4. The van der Waals surface area contributed by atoms with E-state index in [0.717, 1.165) is 35.8 Å². The molecule has 3 aromatic rings. The van der Waals surface area contributed by atoms with Crippen LogP contribution < -0.4 is 41.4 Å². The van der Waals surface area contributed by atoms with E-state index in [1.807, 2.05) is 11.4 Å². The Kier molecular flexibility index (Phi) is 29.0. The highest BCUT2D eigenvalue weighted by Crippen LogP contribution is 2.27. The molecule has 510 valence electrons. The lowest BCUT2D eigenvalue weighted by atomic mass is 10.1. The lowest BCUT2D eigenvalue weighted by molar-refractivity contribution is -0.140. The molecule has 92 heavy (non-hydrogen) atoms. The summed E-state index contributed by atoms with van der Waals surface area (Å²) in [6, 6.07) is 4.12. The van der Waals surface area contributed by atoms with Crippen molar-refractivity contribution < 1.29 is 103 Å². The lowest BCUT2D eigenvalue weighted by Crippen LogP contribution is -2.58. The number of carbonyl (C=O) groups is 9. The average Bonchev–Trinajstić information content (AvgIpc) is 0.910. The number of hydrogen-bond acceptors (Lipinski definition) is 23. The van der Waals surface area contributed by atoms with Crippen LogP contribution in [0.5, 0.6) is 5.75 Å². The zero-order chi connectivity index (χ0) is 67.9. The Morgan fingerprint density at radius 3 is 1.71 bits per heavy atom. The lowest BCUT2D eigenvalue weighted by Gasteiger charge is -2.33. The Morgan fingerprint density at radius 2 is 1.17 bits per heavy atom. The van der Waals surface area contributed by atoms with E-state index < -0.39 is 153 Å². The van der Waals surface area contributed by atoms with Crippen LogP contribution in [-0.2, 0) is 87.9 Å². The van der Waals surface area contributed by atoms with Crippen molar-refractivity contribution in [2.45, 2.75) is 75.4 Å². The van der Waals surface area contributed by atoms with Crippen molar-refractivity contribution in [1.82, 2.24) is 55.9 Å². The van der Waals surface area contributed by atoms with E-state index in [1.54, 1.807) is 12.1 Å². The topological polar surface area (TPSA) is 497 Å². The number of hydrogen-bond donors (Lipinski definition) is 13. The first-order valence-corrected chi connectivity index (χ1v) is 34.4. The van der Waals surface area contributed by atoms with Crippen molar-refractivity contribution in [3.63, 3.8) is 0 Å². The maximum Gasteiger partial charge on any atom is 0.323 e. The largest absolute Gasteiger partial charge is 0.494 e. The van der Waals surface area contributed by atoms with Gasteiger partial charge in [-0.3, -0.25) is 71.9 Å². The van der Waals surface area contributed by atoms with Crippen LogP contribution in [-0.4, -0.2) is 274 Å². The van der Waals surface area contributed by atoms with E-state index in [4.69, 9.17) is 9.72 Å². The van der Waals surface area contributed by atoms with Crippen LogP contribution in [0.1, 0.15) is 56.2 Å². The molecule has 0 saturated carbocycles. The number of aliphatic carboxylic acids is 4. The minimum absolute atomic E-state index is 0.0320. The average molecular weight is 1380 g/mol. The van der Waals surface area contributed by atoms with Crippen LogP contribution in [0, 0.1) is 13.8 Å². The highest BCUT2D eigenvalue weighted by molar-refractivity contribution is 7.89. The summed E-state index contributed by atoms with van der Waals surface area (Å²) < 4.78 is 103. The van der Waals surface area contributed by atoms with Crippen molar-refractivity contribution >= 4 is 101 Å². The van der Waals surface area contributed by atoms with Crippen molar-refractivity contribution in [3.8, 4) is 5.75 Å². The molecule has 0 bridgehead atoms. The quantitative estimate of drug-likeness (QED) is 0.0205. The van der Waals surface area contributed by atoms with Gasteiger partial charge >= 0.3 is 23.9 Å². The summed E-state index contributed by atoms with van der Waals surface area (Å²) in [6.07, 6.45) is 3.22. The third kappa shape index (κ3) is 27.0. The number of anilines is 1. The summed E-state index contributed by atoms with van der Waals surface area (Å²) in [7, 11) is -14.7. The fourth-order valence-electron chi connectivity index (χ4n) is 9.83. The molecule has 34 nitrogen and oxygen atoms in total. The van der Waals surface area contributed by atoms with Gasteiger partial charge in [-0.25, -0.2) is 13.4 Å². The molecule has 5 amide bonds. The summed E-state index contributed by atoms with van der Waals surface area (Å²) in [5.74, 6) is -12.1. The molecule has 0 radical (unpaired) electrons. The summed E-state index contributed by atoms with van der Waals surface area (Å²) >= 11 is 1.23. The Morgan fingerprint density at radius 1 is 0.641 bits per heavy atom. The summed E-state index contributed by atoms with van der Waals surface area (Å²) in [4.78, 5) is 125. The van der Waals surface area contributed by atoms with E-state index in [0.29, 0.717) is 17.7 Å². The molecule has 5 rings (SSSR count). The second-order valence-corrected chi connectivity index (χ2v) is 27.6. The van der Waals surface area contributed by atoms with Gasteiger partial charge in [-0.15, -0.1) is 11.3 Å². The van der Waals surface area contributed by atoms with E-state index in [1.165, 1.54) is 62.5 Å². The van der Waals surface area contributed by atoms with Gasteiger partial charge in [0.1, 0.15) is 41.2 Å². The molecule has 2 aliphatic rings. The molecule has 4 heterocycles. The molecule has 2 unspecified atom stereocenters. The highest BCUT2D eigenvalue weighted by atomic mass is 32.2. The normalized spacial score (nSPS) is 16.0. The molecule has 1 fully saturated rings. The number of sulfonamides is 1. The zero-order valence-corrected chi connectivity index (χ0v) is 53.7. The number of amides is 5. The summed E-state index contributed by atoms with van der Waals surface area (Å²) in [5, 5.41) is 53.0. The molecule has 13 N–H and O–H groups in total. The molecule has 2 aliphatic heterocycles. The smallest absolute Gasteiger partial charge is 0.323 e. The van der Waals surface area contributed by atoms with E-state index in [-0.39, 0.29) is 100 Å². The highest BCUT2D eigenvalue weighted by Gasteiger charge is 2.34. The Labute approximate surface area is 534 Å². The molecule has 2 aromatic heterocycles. The fraction of sp³-hybridized carbons (Fsp3) is 0.556.